The first-order valence-corrected chi connectivity index (χ1v) is 26.0. The summed E-state index contributed by atoms with van der Waals surface area (Å²) in [5.74, 6) is 0. The topological polar surface area (TPSA) is 17.0 Å². The van der Waals surface area contributed by atoms with Gasteiger partial charge in [0.2, 0.25) is 0 Å². The van der Waals surface area contributed by atoms with Gasteiger partial charge in [-0.05, 0) is 129 Å². The number of fused-ring (bicyclic) bond motifs is 15. The molecule has 5 heterocycles. The highest BCUT2D eigenvalue weighted by Crippen LogP contribution is 2.51. The van der Waals surface area contributed by atoms with Crippen LogP contribution in [0, 0.1) is 0 Å². The summed E-state index contributed by atoms with van der Waals surface area (Å²) in [4.78, 5) is 0. The summed E-state index contributed by atoms with van der Waals surface area (Å²) in [5, 5.41) is 14.8. The number of hydrogen-bond acceptors (Lipinski definition) is 4. The van der Waals surface area contributed by atoms with Gasteiger partial charge in [0.1, 0.15) is 0 Å². The monoisotopic (exact) mass is 904 g/mol. The molecule has 1 N–H and O–H groups in total. The van der Waals surface area contributed by atoms with Crippen LogP contribution in [0.2, 0.25) is 0 Å². The molecular formula is C60H49BN2S3. The van der Waals surface area contributed by atoms with Crippen LogP contribution >= 0.6 is 34.0 Å². The van der Waals surface area contributed by atoms with Crippen LogP contribution in [0.5, 0.6) is 0 Å². The largest absolute Gasteiger partial charge is 0.355 e. The maximum Gasteiger partial charge on any atom is 0.198 e. The van der Waals surface area contributed by atoms with Crippen LogP contribution in [-0.4, -0.2) is 11.8 Å². The summed E-state index contributed by atoms with van der Waals surface area (Å²) in [7, 11) is 0.856. The molecule has 12 aromatic rings. The number of aromatic nitrogens is 1. The van der Waals surface area contributed by atoms with E-state index in [0.717, 1.165) is 18.7 Å². The SMILES string of the molecule is CC(C)(C)c1ccc(Nc2cc3sc4cc5c(cc4c3cc2-c2ccc3c4cc6c(cc4n4c3c2Bc2cc3c(cc2-4)sc2ccccc23)sc2ccccc26)C(C)(C)CCC5(C)C)cc1. The van der Waals surface area contributed by atoms with Crippen LogP contribution in [0.4, 0.5) is 11.4 Å². The molecule has 0 bridgehead atoms. The van der Waals surface area contributed by atoms with Crippen molar-refractivity contribution in [1.82, 2.24) is 4.57 Å². The average Bonchev–Trinajstić information content (AvgIpc) is 4.05. The van der Waals surface area contributed by atoms with E-state index in [-0.39, 0.29) is 16.2 Å². The van der Waals surface area contributed by atoms with Crippen LogP contribution < -0.4 is 16.2 Å². The first kappa shape index (κ1) is 39.3. The standard InChI is InChI=1S/C60H49BN2S3/c1-58(2,3)32-16-18-33(19-17-32)62-47-29-53-41(42-26-44-45(28-52(42)66-53)60(6,7)23-22-59(44,4)5)24-38(47)36-20-21-37-39-25-40-34-12-8-10-14-50(34)64-54(40)30-48(39)63-49-31-55-43(27-46(49)61-56(36)57(37)63)35-13-9-11-15-51(35)65-55/h8-21,24-31,61-62H,22-23H2,1-7H3. The number of rotatable bonds is 3. The fraction of sp³-hybridized carbons (Fsp3) is 0.200. The highest BCUT2D eigenvalue weighted by atomic mass is 32.1. The van der Waals surface area contributed by atoms with Crippen molar-refractivity contribution in [2.24, 2.45) is 0 Å². The third kappa shape index (κ3) is 5.59. The van der Waals surface area contributed by atoms with Crippen molar-refractivity contribution >= 4 is 146 Å². The maximum atomic E-state index is 4.02. The van der Waals surface area contributed by atoms with E-state index in [1.807, 2.05) is 34.0 Å². The highest BCUT2D eigenvalue weighted by Gasteiger charge is 2.38. The van der Waals surface area contributed by atoms with Gasteiger partial charge < -0.3 is 9.88 Å². The molecule has 0 unspecified atom stereocenters. The van der Waals surface area contributed by atoms with Gasteiger partial charge in [-0.15, -0.1) is 34.0 Å². The van der Waals surface area contributed by atoms with Crippen LogP contribution in [0.25, 0.3) is 99.1 Å². The second-order valence-electron chi connectivity index (χ2n) is 21.6. The molecule has 0 saturated heterocycles. The van der Waals surface area contributed by atoms with Gasteiger partial charge in [0.25, 0.3) is 0 Å². The van der Waals surface area contributed by atoms with Crippen molar-refractivity contribution in [1.29, 1.82) is 0 Å². The van der Waals surface area contributed by atoms with Gasteiger partial charge in [0, 0.05) is 94.0 Å². The smallest absolute Gasteiger partial charge is 0.198 e. The summed E-state index contributed by atoms with van der Waals surface area (Å²) in [6, 6.07) is 52.0. The van der Waals surface area contributed by atoms with Crippen molar-refractivity contribution < 1.29 is 0 Å². The molecule has 66 heavy (non-hydrogen) atoms. The number of anilines is 2. The molecule has 0 atom stereocenters. The maximum absolute atomic E-state index is 4.02. The molecule has 0 radical (unpaired) electrons. The van der Waals surface area contributed by atoms with Crippen molar-refractivity contribution in [2.75, 3.05) is 5.32 Å². The normalized spacial score (nSPS) is 15.4. The summed E-state index contributed by atoms with van der Waals surface area (Å²) in [5.41, 5.74) is 16.3. The number of benzene rings is 8. The molecule has 6 heteroatoms. The van der Waals surface area contributed by atoms with Crippen LogP contribution in [0.15, 0.2) is 133 Å². The molecule has 0 amide bonds. The summed E-state index contributed by atoms with van der Waals surface area (Å²) in [6.45, 7) is 16.7. The Labute approximate surface area is 397 Å². The quantitative estimate of drug-likeness (QED) is 0.175. The Morgan fingerprint density at radius 3 is 1.82 bits per heavy atom. The van der Waals surface area contributed by atoms with E-state index < -0.39 is 0 Å². The van der Waals surface area contributed by atoms with Crippen LogP contribution in [-0.2, 0) is 16.2 Å². The minimum Gasteiger partial charge on any atom is -0.355 e. The molecule has 4 aromatic heterocycles. The molecule has 0 spiro atoms. The molecule has 0 saturated carbocycles. The number of nitrogens with one attached hydrogen (secondary N) is 1. The van der Waals surface area contributed by atoms with Gasteiger partial charge in [-0.1, -0.05) is 121 Å². The average molecular weight is 905 g/mol. The number of hydrogen-bond donors (Lipinski definition) is 1. The van der Waals surface area contributed by atoms with E-state index in [2.05, 4.69) is 192 Å². The third-order valence-corrected chi connectivity index (χ3v) is 19.0. The van der Waals surface area contributed by atoms with Crippen LogP contribution in [0.1, 0.15) is 78.0 Å². The number of nitrogens with zero attached hydrogens (tertiary/aromatic N) is 1. The highest BCUT2D eigenvalue weighted by molar-refractivity contribution is 7.26. The van der Waals surface area contributed by atoms with Gasteiger partial charge in [-0.3, -0.25) is 0 Å². The Bertz CT molecular complexity index is 4090. The van der Waals surface area contributed by atoms with Gasteiger partial charge in [0.15, 0.2) is 7.28 Å². The lowest BCUT2D eigenvalue weighted by Crippen LogP contribution is -2.37. The molecule has 14 rings (SSSR count). The molecule has 1 aliphatic carbocycles. The predicted octanol–water partition coefficient (Wildman–Crippen LogP) is 16.6. The molecule has 1 aliphatic heterocycles. The molecular weight excluding hydrogens is 856 g/mol. The number of thiophene rings is 3. The van der Waals surface area contributed by atoms with Crippen molar-refractivity contribution in [3.05, 3.63) is 150 Å². The molecule has 0 fully saturated rings. The second-order valence-corrected chi connectivity index (χ2v) is 24.9. The van der Waals surface area contributed by atoms with E-state index >= 15 is 0 Å². The predicted molar refractivity (Wildman–Crippen MR) is 295 cm³/mol. The van der Waals surface area contributed by atoms with Gasteiger partial charge >= 0.3 is 0 Å². The molecule has 8 aromatic carbocycles. The van der Waals surface area contributed by atoms with Crippen molar-refractivity contribution in [2.45, 2.75) is 77.6 Å². The van der Waals surface area contributed by atoms with E-state index in [1.54, 1.807) is 0 Å². The lowest BCUT2D eigenvalue weighted by Gasteiger charge is -2.41. The second kappa shape index (κ2) is 13.4. The molecule has 2 aliphatic rings. The minimum atomic E-state index is 0.0812. The molecule has 2 nitrogen and oxygen atoms in total. The Hall–Kier alpha value is -5.92. The third-order valence-electron chi connectivity index (χ3n) is 15.6. The van der Waals surface area contributed by atoms with Crippen molar-refractivity contribution in [3.63, 3.8) is 0 Å². The Kier molecular flexibility index (Phi) is 7.96. The first-order chi connectivity index (χ1) is 31.8. The summed E-state index contributed by atoms with van der Waals surface area (Å²) >= 11 is 5.78. The summed E-state index contributed by atoms with van der Waals surface area (Å²) in [6.07, 6.45) is 2.41. The Morgan fingerprint density at radius 2 is 1.11 bits per heavy atom. The van der Waals surface area contributed by atoms with E-state index in [1.165, 1.54) is 140 Å². The van der Waals surface area contributed by atoms with Crippen molar-refractivity contribution in [3.8, 4) is 16.8 Å². The Balaban J connectivity index is 1.07. The zero-order valence-corrected chi connectivity index (χ0v) is 40.9. The zero-order chi connectivity index (χ0) is 44.6. The lowest BCUT2D eigenvalue weighted by atomic mass is 9.59. The fourth-order valence-corrected chi connectivity index (χ4v) is 15.2. The summed E-state index contributed by atoms with van der Waals surface area (Å²) < 4.78 is 10.7. The van der Waals surface area contributed by atoms with Gasteiger partial charge in [-0.25, -0.2) is 0 Å². The zero-order valence-electron chi connectivity index (χ0n) is 38.5. The van der Waals surface area contributed by atoms with Gasteiger partial charge in [0.05, 0.1) is 5.52 Å². The fourth-order valence-electron chi connectivity index (χ4n) is 11.8. The van der Waals surface area contributed by atoms with E-state index in [4.69, 9.17) is 0 Å². The lowest BCUT2D eigenvalue weighted by molar-refractivity contribution is 0.332. The molecule has 320 valence electrons. The van der Waals surface area contributed by atoms with E-state index in [0.29, 0.717) is 0 Å². The van der Waals surface area contributed by atoms with Gasteiger partial charge in [-0.2, -0.15) is 0 Å². The Morgan fingerprint density at radius 1 is 0.515 bits per heavy atom. The minimum absolute atomic E-state index is 0.0812. The first-order valence-electron chi connectivity index (χ1n) is 23.6. The van der Waals surface area contributed by atoms with Crippen LogP contribution in [0.3, 0.4) is 0 Å². The van der Waals surface area contributed by atoms with E-state index in [9.17, 15) is 0 Å².